The van der Waals surface area contributed by atoms with Crippen LogP contribution in [0.3, 0.4) is 0 Å². The maximum absolute atomic E-state index is 13.0. The topological polar surface area (TPSA) is 34.0 Å². The van der Waals surface area contributed by atoms with Gasteiger partial charge in [-0.05, 0) is 30.7 Å². The molecule has 0 spiro atoms. The lowest BCUT2D eigenvalue weighted by Gasteiger charge is -2.06. The lowest BCUT2D eigenvalue weighted by atomic mass is 10.2. The lowest BCUT2D eigenvalue weighted by molar-refractivity contribution is -0.116. The summed E-state index contributed by atoms with van der Waals surface area (Å²) < 4.78 is 27.6. The van der Waals surface area contributed by atoms with E-state index in [2.05, 4.69) is 5.32 Å². The van der Waals surface area contributed by atoms with Crippen molar-refractivity contribution < 1.29 is 13.6 Å². The predicted molar refractivity (Wildman–Crippen MR) is 68.7 cm³/mol. The Labute approximate surface area is 109 Å². The largest absolute Gasteiger partial charge is 0.354 e. The van der Waals surface area contributed by atoms with Crippen LogP contribution in [0.4, 0.5) is 14.5 Å². The van der Waals surface area contributed by atoms with E-state index in [4.69, 9.17) is 0 Å². The van der Waals surface area contributed by atoms with Crippen LogP contribution in [0.1, 0.15) is 12.1 Å². The summed E-state index contributed by atoms with van der Waals surface area (Å²) >= 11 is 0. The first-order chi connectivity index (χ1) is 9.06. The molecule has 1 amide bonds. The molecule has 0 radical (unpaired) electrons. The number of hydrogen-bond donors (Lipinski definition) is 1. The van der Waals surface area contributed by atoms with Crippen molar-refractivity contribution in [1.82, 2.24) is 4.57 Å². The van der Waals surface area contributed by atoms with Crippen molar-refractivity contribution in [3.05, 3.63) is 53.9 Å². The van der Waals surface area contributed by atoms with Gasteiger partial charge in [0.05, 0.1) is 0 Å². The zero-order chi connectivity index (χ0) is 13.8. The molecule has 19 heavy (non-hydrogen) atoms. The van der Waals surface area contributed by atoms with Crippen molar-refractivity contribution in [1.29, 1.82) is 0 Å². The Morgan fingerprint density at radius 1 is 1.26 bits per heavy atom. The molecule has 100 valence electrons. The minimum atomic E-state index is -0.972. The summed E-state index contributed by atoms with van der Waals surface area (Å²) in [5.74, 6) is -2.13. The van der Waals surface area contributed by atoms with E-state index in [1.807, 2.05) is 29.9 Å². The van der Waals surface area contributed by atoms with Gasteiger partial charge in [0, 0.05) is 37.1 Å². The van der Waals surface area contributed by atoms with Crippen LogP contribution in [-0.4, -0.2) is 10.5 Å². The van der Waals surface area contributed by atoms with E-state index in [0.717, 1.165) is 17.8 Å². The summed E-state index contributed by atoms with van der Waals surface area (Å²) in [6.07, 6.45) is 2.79. The molecule has 3 nitrogen and oxygen atoms in total. The number of rotatable bonds is 4. The molecule has 0 atom stereocenters. The Hall–Kier alpha value is -2.17. The number of nitrogens with one attached hydrogen (secondary N) is 1. The molecule has 0 unspecified atom stereocenters. The third-order valence-corrected chi connectivity index (χ3v) is 2.86. The zero-order valence-corrected chi connectivity index (χ0v) is 10.5. The number of carbonyl (C=O) groups excluding carboxylic acids is 1. The average Bonchev–Trinajstić information content (AvgIpc) is 2.77. The van der Waals surface area contributed by atoms with Crippen LogP contribution in [0.15, 0.2) is 36.5 Å². The summed E-state index contributed by atoms with van der Waals surface area (Å²) in [5.41, 5.74) is 1.30. The van der Waals surface area contributed by atoms with E-state index in [1.165, 1.54) is 6.07 Å². The van der Waals surface area contributed by atoms with Crippen molar-refractivity contribution in [3.63, 3.8) is 0 Å². The fourth-order valence-electron chi connectivity index (χ4n) is 1.80. The Bertz CT molecular complexity index is 593. The molecule has 2 aromatic rings. The number of halogens is 2. The van der Waals surface area contributed by atoms with E-state index in [0.29, 0.717) is 6.42 Å². The highest BCUT2D eigenvalue weighted by molar-refractivity contribution is 5.90. The molecule has 1 aromatic carbocycles. The molecule has 0 bridgehead atoms. The minimum Gasteiger partial charge on any atom is -0.354 e. The Balaban J connectivity index is 1.91. The SMILES string of the molecule is Cn1cccc1CCC(=O)Nc1ccc(F)c(F)c1. The van der Waals surface area contributed by atoms with Gasteiger partial charge in [-0.1, -0.05) is 0 Å². The molecule has 0 fully saturated rings. The molecule has 0 aliphatic heterocycles. The summed E-state index contributed by atoms with van der Waals surface area (Å²) in [6, 6.07) is 7.13. The number of nitrogens with zero attached hydrogens (tertiary/aromatic N) is 1. The van der Waals surface area contributed by atoms with Crippen molar-refractivity contribution in [2.45, 2.75) is 12.8 Å². The van der Waals surface area contributed by atoms with Crippen molar-refractivity contribution in [2.24, 2.45) is 7.05 Å². The molecule has 1 N–H and O–H groups in total. The van der Waals surface area contributed by atoms with E-state index in [9.17, 15) is 13.6 Å². The standard InChI is InChI=1S/C14H14F2N2O/c1-18-8-2-3-11(18)5-7-14(19)17-10-4-6-12(15)13(16)9-10/h2-4,6,8-9H,5,7H2,1H3,(H,17,19). The van der Waals surface area contributed by atoms with Crippen LogP contribution in [-0.2, 0) is 18.3 Å². The van der Waals surface area contributed by atoms with Crippen molar-refractivity contribution >= 4 is 11.6 Å². The van der Waals surface area contributed by atoms with Gasteiger partial charge in [-0.2, -0.15) is 0 Å². The highest BCUT2D eigenvalue weighted by atomic mass is 19.2. The van der Waals surface area contributed by atoms with Crippen LogP contribution in [0, 0.1) is 11.6 Å². The van der Waals surface area contributed by atoms with Gasteiger partial charge in [0.25, 0.3) is 0 Å². The Morgan fingerprint density at radius 2 is 2.05 bits per heavy atom. The molecule has 1 aromatic heterocycles. The number of aromatic nitrogens is 1. The van der Waals surface area contributed by atoms with Gasteiger partial charge in [-0.25, -0.2) is 8.78 Å². The second kappa shape index (κ2) is 5.65. The second-order valence-corrected chi connectivity index (χ2v) is 4.29. The summed E-state index contributed by atoms with van der Waals surface area (Å²) in [5, 5.41) is 2.54. The third-order valence-electron chi connectivity index (χ3n) is 2.86. The van der Waals surface area contributed by atoms with E-state index >= 15 is 0 Å². The van der Waals surface area contributed by atoms with Gasteiger partial charge >= 0.3 is 0 Å². The molecular formula is C14H14F2N2O. The van der Waals surface area contributed by atoms with Gasteiger partial charge in [-0.3, -0.25) is 4.79 Å². The number of amides is 1. The third kappa shape index (κ3) is 3.40. The summed E-state index contributed by atoms with van der Waals surface area (Å²) in [6.45, 7) is 0. The van der Waals surface area contributed by atoms with E-state index in [-0.39, 0.29) is 18.0 Å². The summed E-state index contributed by atoms with van der Waals surface area (Å²) in [7, 11) is 1.91. The fraction of sp³-hybridized carbons (Fsp3) is 0.214. The smallest absolute Gasteiger partial charge is 0.224 e. The van der Waals surface area contributed by atoms with E-state index in [1.54, 1.807) is 0 Å². The first kappa shape index (κ1) is 13.3. The molecule has 5 heteroatoms. The highest BCUT2D eigenvalue weighted by Gasteiger charge is 2.07. The molecule has 0 aliphatic carbocycles. The predicted octanol–water partition coefficient (Wildman–Crippen LogP) is 2.87. The van der Waals surface area contributed by atoms with Gasteiger partial charge in [0.1, 0.15) is 0 Å². The van der Waals surface area contributed by atoms with E-state index < -0.39 is 11.6 Å². The first-order valence-corrected chi connectivity index (χ1v) is 5.91. The Kier molecular flexibility index (Phi) is 3.94. The molecule has 0 aliphatic rings. The van der Waals surface area contributed by atoms with Crippen LogP contribution in [0.5, 0.6) is 0 Å². The average molecular weight is 264 g/mol. The maximum Gasteiger partial charge on any atom is 0.224 e. The molecular weight excluding hydrogens is 250 g/mol. The van der Waals surface area contributed by atoms with Crippen LogP contribution < -0.4 is 5.32 Å². The monoisotopic (exact) mass is 264 g/mol. The number of hydrogen-bond acceptors (Lipinski definition) is 1. The van der Waals surface area contributed by atoms with Crippen LogP contribution >= 0.6 is 0 Å². The molecule has 0 saturated heterocycles. The minimum absolute atomic E-state index is 0.229. The summed E-state index contributed by atoms with van der Waals surface area (Å²) in [4.78, 5) is 11.7. The number of carbonyl (C=O) groups is 1. The zero-order valence-electron chi connectivity index (χ0n) is 10.5. The Morgan fingerprint density at radius 3 is 2.68 bits per heavy atom. The quantitative estimate of drug-likeness (QED) is 0.905. The molecule has 2 rings (SSSR count). The number of aryl methyl sites for hydroxylation is 2. The van der Waals surface area contributed by atoms with Gasteiger partial charge in [-0.15, -0.1) is 0 Å². The maximum atomic E-state index is 13.0. The first-order valence-electron chi connectivity index (χ1n) is 5.91. The van der Waals surface area contributed by atoms with Crippen molar-refractivity contribution in [2.75, 3.05) is 5.32 Å². The van der Waals surface area contributed by atoms with Gasteiger partial charge in [0.2, 0.25) is 5.91 Å². The normalized spacial score (nSPS) is 10.5. The lowest BCUT2D eigenvalue weighted by Crippen LogP contribution is -2.13. The van der Waals surface area contributed by atoms with Gasteiger partial charge in [0.15, 0.2) is 11.6 Å². The number of anilines is 1. The second-order valence-electron chi connectivity index (χ2n) is 4.29. The van der Waals surface area contributed by atoms with Crippen molar-refractivity contribution in [3.8, 4) is 0 Å². The fourth-order valence-corrected chi connectivity index (χ4v) is 1.80. The van der Waals surface area contributed by atoms with Crippen LogP contribution in [0.25, 0.3) is 0 Å². The van der Waals surface area contributed by atoms with Crippen LogP contribution in [0.2, 0.25) is 0 Å². The molecule has 0 saturated carbocycles. The highest BCUT2D eigenvalue weighted by Crippen LogP contribution is 2.13. The molecule has 1 heterocycles. The van der Waals surface area contributed by atoms with Gasteiger partial charge < -0.3 is 9.88 Å². The number of benzene rings is 1.